The molecule has 0 aliphatic carbocycles. The molecule has 0 aromatic heterocycles. The van der Waals surface area contributed by atoms with Crippen molar-refractivity contribution in [2.75, 3.05) is 5.75 Å². The van der Waals surface area contributed by atoms with Crippen molar-refractivity contribution in [3.05, 3.63) is 24.3 Å². The van der Waals surface area contributed by atoms with Crippen LogP contribution in [0.15, 0.2) is 24.3 Å². The molecule has 7 nitrogen and oxygen atoms in total. The minimum atomic E-state index is -4.45. The van der Waals surface area contributed by atoms with Gasteiger partial charge in [-0.2, -0.15) is 8.42 Å². The second-order valence-electron chi connectivity index (χ2n) is 15.8. The molecule has 0 saturated carbocycles. The van der Waals surface area contributed by atoms with E-state index in [9.17, 15) is 28.0 Å². The smallest absolute Gasteiger partial charge is 0.267 e. The molecule has 3 atom stereocenters. The van der Waals surface area contributed by atoms with Crippen LogP contribution in [-0.2, 0) is 14.9 Å². The summed E-state index contributed by atoms with van der Waals surface area (Å²) in [6.45, 7) is 4.52. The zero-order chi connectivity index (χ0) is 39.1. The summed E-state index contributed by atoms with van der Waals surface area (Å²) in [5.41, 5.74) is 0. The highest BCUT2D eigenvalue weighted by molar-refractivity contribution is 7.85. The summed E-state index contributed by atoms with van der Waals surface area (Å²) in [6.07, 6.45) is 46.7. The molecule has 0 radical (unpaired) electrons. The van der Waals surface area contributed by atoms with E-state index < -0.39 is 40.0 Å². The van der Waals surface area contributed by atoms with Crippen LogP contribution in [-0.4, -0.2) is 53.1 Å². The van der Waals surface area contributed by atoms with Crippen LogP contribution in [0.2, 0.25) is 0 Å². The number of allylic oxidation sites excluding steroid dienone is 3. The minimum Gasteiger partial charge on any atom is -0.387 e. The lowest BCUT2D eigenvalue weighted by atomic mass is 10.0. The Hall–Kier alpha value is -1.22. The standard InChI is InChI=1S/C45H87NO6S/c1-3-5-7-9-11-13-15-17-19-20-21-22-23-24-25-26-28-30-32-34-36-38-40-44(48)45(49)46-42(41-53(50,51)52)43(47)39-37-35-33-31-29-27-18-16-14-12-10-8-6-4-2/h29,31,37,39,42-44,47-48H,3-28,30,32-36,38,40-41H2,1-2H3,(H,46,49)(H,50,51,52)/b31-29+,39-37+. The van der Waals surface area contributed by atoms with Gasteiger partial charge in [0.05, 0.1) is 17.9 Å². The zero-order valence-electron chi connectivity index (χ0n) is 34.8. The quantitative estimate of drug-likeness (QED) is 0.0279. The zero-order valence-corrected chi connectivity index (χ0v) is 35.6. The first kappa shape index (κ1) is 51.8. The second-order valence-corrected chi connectivity index (χ2v) is 17.3. The summed E-state index contributed by atoms with van der Waals surface area (Å²) in [4.78, 5) is 12.6. The van der Waals surface area contributed by atoms with E-state index in [-0.39, 0.29) is 6.42 Å². The van der Waals surface area contributed by atoms with E-state index in [2.05, 4.69) is 31.3 Å². The molecule has 8 heteroatoms. The second kappa shape index (κ2) is 39.0. The number of carbonyl (C=O) groups excluding carboxylic acids is 1. The van der Waals surface area contributed by atoms with Crippen molar-refractivity contribution in [1.82, 2.24) is 5.32 Å². The summed E-state index contributed by atoms with van der Waals surface area (Å²) >= 11 is 0. The van der Waals surface area contributed by atoms with E-state index in [1.165, 1.54) is 173 Å². The molecule has 0 aromatic carbocycles. The van der Waals surface area contributed by atoms with Gasteiger partial charge in [0.2, 0.25) is 5.91 Å². The third kappa shape index (κ3) is 38.8. The molecule has 0 heterocycles. The van der Waals surface area contributed by atoms with Gasteiger partial charge in [-0.15, -0.1) is 0 Å². The highest BCUT2D eigenvalue weighted by atomic mass is 32.2. The number of hydrogen-bond acceptors (Lipinski definition) is 5. The van der Waals surface area contributed by atoms with Gasteiger partial charge in [-0.3, -0.25) is 9.35 Å². The molecular weight excluding hydrogens is 683 g/mol. The normalized spacial score (nSPS) is 14.0. The molecule has 0 bridgehead atoms. The number of hydrogen-bond donors (Lipinski definition) is 4. The lowest BCUT2D eigenvalue weighted by Crippen LogP contribution is -2.50. The van der Waals surface area contributed by atoms with E-state index in [0.717, 1.165) is 32.1 Å². The lowest BCUT2D eigenvalue weighted by Gasteiger charge is -2.22. The summed E-state index contributed by atoms with van der Waals surface area (Å²) in [5.74, 6) is -1.55. The van der Waals surface area contributed by atoms with E-state index in [1.807, 2.05) is 0 Å². The SMILES string of the molecule is CCCCCCCCCC/C=C/CC/C=C/C(O)C(CS(=O)(=O)O)NC(=O)C(O)CCCCCCCCCCCCCCCCCCCCCCCC. The number of aliphatic hydroxyl groups excluding tert-OH is 2. The summed E-state index contributed by atoms with van der Waals surface area (Å²) < 4.78 is 32.5. The maximum Gasteiger partial charge on any atom is 0.267 e. The number of carbonyl (C=O) groups is 1. The predicted molar refractivity (Wildman–Crippen MR) is 227 cm³/mol. The molecule has 0 aliphatic heterocycles. The third-order valence-electron chi connectivity index (χ3n) is 10.5. The molecular formula is C45H87NO6S. The average molecular weight is 770 g/mol. The van der Waals surface area contributed by atoms with Gasteiger partial charge < -0.3 is 15.5 Å². The molecule has 0 fully saturated rings. The molecule has 314 valence electrons. The molecule has 0 aromatic rings. The number of aliphatic hydroxyl groups is 2. The highest BCUT2D eigenvalue weighted by Gasteiger charge is 2.27. The highest BCUT2D eigenvalue weighted by Crippen LogP contribution is 2.16. The average Bonchev–Trinajstić information content (AvgIpc) is 3.12. The van der Waals surface area contributed by atoms with Gasteiger partial charge in [0.1, 0.15) is 6.10 Å². The van der Waals surface area contributed by atoms with Crippen LogP contribution in [0.1, 0.15) is 232 Å². The number of amides is 1. The Morgan fingerprint density at radius 1 is 0.509 bits per heavy atom. The monoisotopic (exact) mass is 770 g/mol. The fourth-order valence-electron chi connectivity index (χ4n) is 7.00. The van der Waals surface area contributed by atoms with Gasteiger partial charge >= 0.3 is 0 Å². The van der Waals surface area contributed by atoms with Crippen molar-refractivity contribution >= 4 is 16.0 Å². The fourth-order valence-corrected chi connectivity index (χ4v) is 7.74. The van der Waals surface area contributed by atoms with Gasteiger partial charge in [0.15, 0.2) is 0 Å². The van der Waals surface area contributed by atoms with Gasteiger partial charge in [-0.1, -0.05) is 224 Å². The van der Waals surface area contributed by atoms with Crippen molar-refractivity contribution in [3.8, 4) is 0 Å². The topological polar surface area (TPSA) is 124 Å². The van der Waals surface area contributed by atoms with Crippen LogP contribution < -0.4 is 5.32 Å². The maximum absolute atomic E-state index is 12.6. The first-order valence-corrected chi connectivity index (χ1v) is 24.3. The number of rotatable bonds is 41. The van der Waals surface area contributed by atoms with Crippen LogP contribution in [0.5, 0.6) is 0 Å². The molecule has 0 spiro atoms. The van der Waals surface area contributed by atoms with Gasteiger partial charge in [-0.25, -0.2) is 0 Å². The molecule has 4 N–H and O–H groups in total. The Labute approximate surface area is 328 Å². The van der Waals surface area contributed by atoms with Crippen LogP contribution in [0.3, 0.4) is 0 Å². The summed E-state index contributed by atoms with van der Waals surface area (Å²) in [7, 11) is -4.45. The van der Waals surface area contributed by atoms with Crippen LogP contribution in [0.4, 0.5) is 0 Å². The van der Waals surface area contributed by atoms with Crippen LogP contribution in [0.25, 0.3) is 0 Å². The van der Waals surface area contributed by atoms with E-state index in [1.54, 1.807) is 6.08 Å². The van der Waals surface area contributed by atoms with E-state index in [4.69, 9.17) is 0 Å². The molecule has 3 unspecified atom stereocenters. The Kier molecular flexibility index (Phi) is 38.1. The lowest BCUT2D eigenvalue weighted by molar-refractivity contribution is -0.130. The van der Waals surface area contributed by atoms with E-state index in [0.29, 0.717) is 12.8 Å². The van der Waals surface area contributed by atoms with Gasteiger partial charge in [0.25, 0.3) is 10.1 Å². The number of nitrogens with one attached hydrogen (secondary N) is 1. The first-order valence-electron chi connectivity index (χ1n) is 22.6. The largest absolute Gasteiger partial charge is 0.387 e. The Morgan fingerprint density at radius 3 is 1.25 bits per heavy atom. The van der Waals surface area contributed by atoms with Crippen molar-refractivity contribution in [1.29, 1.82) is 0 Å². The van der Waals surface area contributed by atoms with Crippen molar-refractivity contribution in [3.63, 3.8) is 0 Å². The maximum atomic E-state index is 12.6. The van der Waals surface area contributed by atoms with Gasteiger partial charge in [-0.05, 0) is 32.1 Å². The molecule has 0 aliphatic rings. The van der Waals surface area contributed by atoms with Crippen LogP contribution in [0, 0.1) is 0 Å². The first-order chi connectivity index (χ1) is 25.7. The molecule has 53 heavy (non-hydrogen) atoms. The van der Waals surface area contributed by atoms with E-state index >= 15 is 0 Å². The van der Waals surface area contributed by atoms with Crippen molar-refractivity contribution in [2.24, 2.45) is 0 Å². The van der Waals surface area contributed by atoms with Crippen molar-refractivity contribution in [2.45, 2.75) is 250 Å². The number of unbranched alkanes of at least 4 members (excludes halogenated alkanes) is 30. The summed E-state index contributed by atoms with van der Waals surface area (Å²) in [6, 6.07) is -1.24. The minimum absolute atomic E-state index is 0.279. The Bertz CT molecular complexity index is 953. The Balaban J connectivity index is 3.93. The third-order valence-corrected chi connectivity index (χ3v) is 11.3. The van der Waals surface area contributed by atoms with Gasteiger partial charge in [0, 0.05) is 0 Å². The predicted octanol–water partition coefficient (Wildman–Crippen LogP) is 12.5. The molecule has 0 saturated heterocycles. The fraction of sp³-hybridized carbons (Fsp3) is 0.889. The molecule has 1 amide bonds. The van der Waals surface area contributed by atoms with Crippen LogP contribution >= 0.6 is 0 Å². The van der Waals surface area contributed by atoms with Crippen molar-refractivity contribution < 1.29 is 28.0 Å². The Morgan fingerprint density at radius 2 is 0.849 bits per heavy atom. The summed E-state index contributed by atoms with van der Waals surface area (Å²) in [5, 5.41) is 23.4. The molecule has 0 rings (SSSR count).